The van der Waals surface area contributed by atoms with E-state index in [-0.39, 0.29) is 30.5 Å². The molecule has 0 atom stereocenters. The van der Waals surface area contributed by atoms with Crippen LogP contribution < -0.4 is 0 Å². The van der Waals surface area contributed by atoms with Crippen molar-refractivity contribution in [3.05, 3.63) is 25.7 Å². The summed E-state index contributed by atoms with van der Waals surface area (Å²) in [4.78, 5) is -0.371. The second kappa shape index (κ2) is 4.59. The normalized spacial score (nSPS) is 11.2. The molecule has 3 nitrogen and oxygen atoms in total. The molecule has 0 aliphatic rings. The van der Waals surface area contributed by atoms with Gasteiger partial charge in [0, 0.05) is 6.26 Å². The molecule has 0 radical (unpaired) electrons. The number of hydrogen-bond acceptors (Lipinski definition) is 3. The second-order valence-electron chi connectivity index (χ2n) is 2.84. The molecule has 0 bridgehead atoms. The average Bonchev–Trinajstić information content (AvgIpc) is 2.14. The third-order valence-electron chi connectivity index (χ3n) is 1.71. The molecule has 0 heterocycles. The van der Waals surface area contributed by atoms with Crippen molar-refractivity contribution in [1.82, 2.24) is 0 Å². The van der Waals surface area contributed by atoms with E-state index in [1.807, 2.05) is 0 Å². The molecule has 86 valence electrons. The fraction of sp³-hybridized carbons (Fsp3) is 0.125. The molecule has 0 saturated carbocycles. The lowest BCUT2D eigenvalue weighted by Gasteiger charge is -2.10. The van der Waals surface area contributed by atoms with Gasteiger partial charge in [-0.1, -0.05) is 46.4 Å². The van der Waals surface area contributed by atoms with Gasteiger partial charge in [-0.25, -0.2) is 8.42 Å². The molecule has 1 aromatic rings. The van der Waals surface area contributed by atoms with Crippen molar-refractivity contribution in [1.29, 1.82) is 5.26 Å². The van der Waals surface area contributed by atoms with E-state index in [2.05, 4.69) is 0 Å². The summed E-state index contributed by atoms with van der Waals surface area (Å²) in [5.74, 6) is 0. The largest absolute Gasteiger partial charge is 0.224 e. The van der Waals surface area contributed by atoms with E-state index >= 15 is 0 Å². The number of benzene rings is 1. The van der Waals surface area contributed by atoms with E-state index in [4.69, 9.17) is 51.7 Å². The lowest BCUT2D eigenvalue weighted by atomic mass is 10.2. The van der Waals surface area contributed by atoms with Gasteiger partial charge in [0.1, 0.15) is 11.0 Å². The second-order valence-corrected chi connectivity index (χ2v) is 6.31. The molecule has 1 rings (SSSR count). The van der Waals surface area contributed by atoms with Gasteiger partial charge in [-0.15, -0.1) is 0 Å². The van der Waals surface area contributed by atoms with Crippen LogP contribution in [0.25, 0.3) is 0 Å². The van der Waals surface area contributed by atoms with Crippen molar-refractivity contribution in [3.8, 4) is 6.07 Å². The highest BCUT2D eigenvalue weighted by molar-refractivity contribution is 7.91. The van der Waals surface area contributed by atoms with Gasteiger partial charge < -0.3 is 0 Å². The maximum Gasteiger partial charge on any atom is 0.178 e. The minimum atomic E-state index is -3.68. The highest BCUT2D eigenvalue weighted by Crippen LogP contribution is 2.42. The number of nitrogens with zero attached hydrogens (tertiary/aromatic N) is 1. The Hall–Kier alpha value is -0.180. The Morgan fingerprint density at radius 2 is 1.38 bits per heavy atom. The molecule has 8 heteroatoms. The third-order valence-corrected chi connectivity index (χ3v) is 4.78. The van der Waals surface area contributed by atoms with Crippen LogP contribution in [0.1, 0.15) is 5.56 Å². The van der Waals surface area contributed by atoms with Crippen molar-refractivity contribution >= 4 is 56.2 Å². The van der Waals surface area contributed by atoms with Crippen LogP contribution in [-0.2, 0) is 9.84 Å². The minimum Gasteiger partial charge on any atom is -0.224 e. The Bertz CT molecular complexity index is 574. The van der Waals surface area contributed by atoms with E-state index in [1.165, 1.54) is 0 Å². The summed E-state index contributed by atoms with van der Waals surface area (Å²) in [6.07, 6.45) is 0.915. The van der Waals surface area contributed by atoms with Gasteiger partial charge in [0.05, 0.1) is 25.7 Å². The smallest absolute Gasteiger partial charge is 0.178 e. The van der Waals surface area contributed by atoms with Gasteiger partial charge in [-0.3, -0.25) is 0 Å². The monoisotopic (exact) mass is 317 g/mol. The molecule has 16 heavy (non-hydrogen) atoms. The van der Waals surface area contributed by atoms with Crippen LogP contribution in [0, 0.1) is 11.3 Å². The fourth-order valence-electron chi connectivity index (χ4n) is 1.04. The van der Waals surface area contributed by atoms with Gasteiger partial charge in [0.15, 0.2) is 9.84 Å². The highest BCUT2D eigenvalue weighted by atomic mass is 35.5. The van der Waals surface area contributed by atoms with Gasteiger partial charge in [0.2, 0.25) is 0 Å². The first-order valence-electron chi connectivity index (χ1n) is 3.68. The summed E-state index contributed by atoms with van der Waals surface area (Å²) in [6, 6.07) is 1.70. The predicted octanol–water partition coefficient (Wildman–Crippen LogP) is 3.58. The van der Waals surface area contributed by atoms with Gasteiger partial charge >= 0.3 is 0 Å². The quantitative estimate of drug-likeness (QED) is 0.744. The molecule has 0 unspecified atom stereocenters. The molecule has 0 aliphatic heterocycles. The molecular weight excluding hydrogens is 316 g/mol. The Morgan fingerprint density at radius 3 is 1.62 bits per heavy atom. The highest BCUT2D eigenvalue weighted by Gasteiger charge is 2.25. The van der Waals surface area contributed by atoms with Crippen LogP contribution in [0.15, 0.2) is 4.90 Å². The zero-order chi connectivity index (χ0) is 12.7. The maximum absolute atomic E-state index is 11.4. The molecule has 0 aliphatic carbocycles. The maximum atomic E-state index is 11.4. The van der Waals surface area contributed by atoms with Crippen LogP contribution >= 0.6 is 46.4 Å². The molecule has 0 N–H and O–H groups in total. The zero-order valence-corrected chi connectivity index (χ0v) is 11.5. The van der Waals surface area contributed by atoms with Crippen LogP contribution in [-0.4, -0.2) is 14.7 Å². The molecular formula is C8H3Cl4NO2S. The van der Waals surface area contributed by atoms with Crippen molar-refractivity contribution in [2.75, 3.05) is 6.26 Å². The van der Waals surface area contributed by atoms with E-state index < -0.39 is 9.84 Å². The van der Waals surface area contributed by atoms with Crippen LogP contribution in [0.3, 0.4) is 0 Å². The topological polar surface area (TPSA) is 57.9 Å². The van der Waals surface area contributed by atoms with Gasteiger partial charge in [0.25, 0.3) is 0 Å². The molecule has 1 aromatic carbocycles. The first-order chi connectivity index (χ1) is 7.21. The number of sulfone groups is 1. The standard InChI is InChI=1S/C8H3Cl4NO2S/c1-16(14,15)8-6(11)4(9)3(2-13)5(10)7(8)12/h1H3. The number of hydrogen-bond donors (Lipinski definition) is 0. The molecule has 0 spiro atoms. The number of nitriles is 1. The van der Waals surface area contributed by atoms with E-state index in [0.717, 1.165) is 6.26 Å². The summed E-state index contributed by atoms with van der Waals surface area (Å²) < 4.78 is 22.8. The summed E-state index contributed by atoms with van der Waals surface area (Å²) in [7, 11) is -3.68. The third kappa shape index (κ3) is 2.24. The predicted molar refractivity (Wildman–Crippen MR) is 64.3 cm³/mol. The van der Waals surface area contributed by atoms with Crippen LogP contribution in [0.5, 0.6) is 0 Å². The molecule has 0 fully saturated rings. The lowest BCUT2D eigenvalue weighted by molar-refractivity contribution is 0.602. The van der Waals surface area contributed by atoms with Gasteiger partial charge in [-0.05, 0) is 0 Å². The summed E-state index contributed by atoms with van der Waals surface area (Å²) in [5, 5.41) is 7.72. The summed E-state index contributed by atoms with van der Waals surface area (Å²) >= 11 is 22.9. The molecule has 0 saturated heterocycles. The van der Waals surface area contributed by atoms with E-state index in [0.29, 0.717) is 0 Å². The average molecular weight is 319 g/mol. The van der Waals surface area contributed by atoms with Crippen LogP contribution in [0.4, 0.5) is 0 Å². The lowest BCUT2D eigenvalue weighted by Crippen LogP contribution is -2.01. The fourth-order valence-corrected chi connectivity index (χ4v) is 3.78. The Labute approximate surface area is 112 Å². The Kier molecular flexibility index (Phi) is 3.99. The minimum absolute atomic E-state index is 0.147. The van der Waals surface area contributed by atoms with Crippen LogP contribution in [0.2, 0.25) is 20.1 Å². The molecule has 0 aromatic heterocycles. The first kappa shape index (κ1) is 13.9. The van der Waals surface area contributed by atoms with E-state index in [1.54, 1.807) is 6.07 Å². The zero-order valence-electron chi connectivity index (χ0n) is 7.68. The Morgan fingerprint density at radius 1 is 1.00 bits per heavy atom. The van der Waals surface area contributed by atoms with Gasteiger partial charge in [-0.2, -0.15) is 5.26 Å². The first-order valence-corrected chi connectivity index (χ1v) is 7.08. The van der Waals surface area contributed by atoms with E-state index in [9.17, 15) is 8.42 Å². The SMILES string of the molecule is CS(=O)(=O)c1c(Cl)c(Cl)c(C#N)c(Cl)c1Cl. The summed E-state index contributed by atoms with van der Waals surface area (Å²) in [6.45, 7) is 0. The van der Waals surface area contributed by atoms with Crippen molar-refractivity contribution in [2.24, 2.45) is 0 Å². The van der Waals surface area contributed by atoms with Crippen molar-refractivity contribution in [3.63, 3.8) is 0 Å². The number of halogens is 4. The Balaban J connectivity index is 3.91. The number of rotatable bonds is 1. The van der Waals surface area contributed by atoms with Crippen molar-refractivity contribution in [2.45, 2.75) is 4.90 Å². The molecule has 0 amide bonds. The summed E-state index contributed by atoms with van der Waals surface area (Å²) in [5.41, 5.74) is -0.147. The van der Waals surface area contributed by atoms with Crippen molar-refractivity contribution < 1.29 is 8.42 Å².